The molecule has 0 radical (unpaired) electrons. The summed E-state index contributed by atoms with van der Waals surface area (Å²) in [6.45, 7) is 4.86. The van der Waals surface area contributed by atoms with Gasteiger partial charge in [0.05, 0.1) is 11.0 Å². The Bertz CT molecular complexity index is 591. The Morgan fingerprint density at radius 2 is 2.14 bits per heavy atom. The van der Waals surface area contributed by atoms with Crippen LogP contribution in [0.4, 0.5) is 0 Å². The predicted molar refractivity (Wildman–Crippen MR) is 78.1 cm³/mol. The van der Waals surface area contributed by atoms with Crippen molar-refractivity contribution in [3.63, 3.8) is 0 Å². The lowest BCUT2D eigenvalue weighted by atomic mass is 9.86. The number of carbonyl (C=O) groups is 2. The van der Waals surface area contributed by atoms with Gasteiger partial charge in [0.1, 0.15) is 0 Å². The number of carboxylic acid groups (broad SMARTS) is 1. The standard InChI is InChI=1S/C16H20N2O3/c1-16(5-6-17-10-16)15(21)18-7-4-11-2-3-12(14(19)20)8-13(11)9-18/h2-3,8,17H,4-7,9-10H2,1H3,(H,19,20). The van der Waals surface area contributed by atoms with Crippen LogP contribution in [0, 0.1) is 5.41 Å². The van der Waals surface area contributed by atoms with Crippen LogP contribution in [0.1, 0.15) is 34.8 Å². The Morgan fingerprint density at radius 1 is 1.33 bits per heavy atom. The van der Waals surface area contributed by atoms with Crippen molar-refractivity contribution in [2.45, 2.75) is 26.3 Å². The summed E-state index contributed by atoms with van der Waals surface area (Å²) in [7, 11) is 0. The molecular weight excluding hydrogens is 268 g/mol. The molecule has 1 saturated heterocycles. The Labute approximate surface area is 123 Å². The highest BCUT2D eigenvalue weighted by molar-refractivity contribution is 5.88. The van der Waals surface area contributed by atoms with Gasteiger partial charge in [-0.25, -0.2) is 4.79 Å². The number of carbonyl (C=O) groups excluding carboxylic acids is 1. The summed E-state index contributed by atoms with van der Waals surface area (Å²) in [5.41, 5.74) is 2.08. The van der Waals surface area contributed by atoms with E-state index in [0.717, 1.165) is 37.1 Å². The van der Waals surface area contributed by atoms with E-state index in [4.69, 9.17) is 5.11 Å². The number of rotatable bonds is 2. The van der Waals surface area contributed by atoms with E-state index in [-0.39, 0.29) is 16.9 Å². The van der Waals surface area contributed by atoms with Gasteiger partial charge in [-0.15, -0.1) is 0 Å². The first-order chi connectivity index (χ1) is 9.99. The van der Waals surface area contributed by atoms with E-state index in [1.807, 2.05) is 17.9 Å². The Kier molecular flexibility index (Phi) is 3.45. The van der Waals surface area contributed by atoms with Gasteiger partial charge in [0.25, 0.3) is 0 Å². The molecule has 0 saturated carbocycles. The fraction of sp³-hybridized carbons (Fsp3) is 0.500. The van der Waals surface area contributed by atoms with Crippen LogP contribution in [-0.4, -0.2) is 41.5 Å². The molecule has 2 aliphatic heterocycles. The average Bonchev–Trinajstić information content (AvgIpc) is 2.93. The van der Waals surface area contributed by atoms with E-state index in [1.54, 1.807) is 12.1 Å². The van der Waals surface area contributed by atoms with Gasteiger partial charge in [-0.05, 0) is 49.6 Å². The number of benzene rings is 1. The van der Waals surface area contributed by atoms with Crippen LogP contribution in [0.2, 0.25) is 0 Å². The van der Waals surface area contributed by atoms with Crippen LogP contribution in [0.5, 0.6) is 0 Å². The zero-order valence-electron chi connectivity index (χ0n) is 12.2. The summed E-state index contributed by atoms with van der Waals surface area (Å²) in [5.74, 6) is -0.743. The zero-order valence-corrected chi connectivity index (χ0v) is 12.2. The van der Waals surface area contributed by atoms with Crippen molar-refractivity contribution in [1.29, 1.82) is 0 Å². The van der Waals surface area contributed by atoms with Crippen LogP contribution in [0.25, 0.3) is 0 Å². The maximum Gasteiger partial charge on any atom is 0.335 e. The molecule has 0 aromatic heterocycles. The molecule has 5 nitrogen and oxygen atoms in total. The van der Waals surface area contributed by atoms with Gasteiger partial charge in [0, 0.05) is 19.6 Å². The fourth-order valence-electron chi connectivity index (χ4n) is 3.24. The number of carboxylic acids is 1. The molecule has 1 unspecified atom stereocenters. The van der Waals surface area contributed by atoms with Gasteiger partial charge in [0.2, 0.25) is 5.91 Å². The van der Waals surface area contributed by atoms with Crippen molar-refractivity contribution < 1.29 is 14.7 Å². The largest absolute Gasteiger partial charge is 0.478 e. The third-order valence-electron chi connectivity index (χ3n) is 4.64. The zero-order chi connectivity index (χ0) is 15.0. The minimum Gasteiger partial charge on any atom is -0.478 e. The number of hydrogen-bond donors (Lipinski definition) is 2. The average molecular weight is 288 g/mol. The molecule has 1 amide bonds. The summed E-state index contributed by atoms with van der Waals surface area (Å²) in [5, 5.41) is 12.3. The second-order valence-corrected chi connectivity index (χ2v) is 6.25. The summed E-state index contributed by atoms with van der Waals surface area (Å²) in [6, 6.07) is 5.21. The molecule has 0 bridgehead atoms. The molecule has 2 heterocycles. The number of hydrogen-bond acceptors (Lipinski definition) is 3. The molecule has 112 valence electrons. The topological polar surface area (TPSA) is 69.6 Å². The van der Waals surface area contributed by atoms with Crippen LogP contribution in [0.15, 0.2) is 18.2 Å². The van der Waals surface area contributed by atoms with E-state index in [1.165, 1.54) is 0 Å². The Balaban J connectivity index is 1.81. The molecule has 2 aliphatic rings. The predicted octanol–water partition coefficient (Wildman–Crippen LogP) is 1.27. The lowest BCUT2D eigenvalue weighted by Gasteiger charge is -2.35. The molecule has 21 heavy (non-hydrogen) atoms. The second-order valence-electron chi connectivity index (χ2n) is 6.25. The van der Waals surface area contributed by atoms with Gasteiger partial charge in [-0.3, -0.25) is 4.79 Å². The van der Waals surface area contributed by atoms with E-state index in [2.05, 4.69) is 5.32 Å². The minimum absolute atomic E-state index is 0.180. The first-order valence-electron chi connectivity index (χ1n) is 7.35. The number of nitrogens with one attached hydrogen (secondary N) is 1. The van der Waals surface area contributed by atoms with Crippen molar-refractivity contribution in [3.8, 4) is 0 Å². The van der Waals surface area contributed by atoms with Crippen LogP contribution >= 0.6 is 0 Å². The molecule has 2 N–H and O–H groups in total. The van der Waals surface area contributed by atoms with Crippen molar-refractivity contribution in [1.82, 2.24) is 10.2 Å². The highest BCUT2D eigenvalue weighted by atomic mass is 16.4. The molecule has 0 spiro atoms. The second kappa shape index (κ2) is 5.15. The molecule has 1 aromatic carbocycles. The first kappa shape index (κ1) is 14.1. The number of nitrogens with zero attached hydrogens (tertiary/aromatic N) is 1. The first-order valence-corrected chi connectivity index (χ1v) is 7.35. The lowest BCUT2D eigenvalue weighted by molar-refractivity contribution is -0.141. The van der Waals surface area contributed by atoms with Gasteiger partial charge in [0.15, 0.2) is 0 Å². The van der Waals surface area contributed by atoms with E-state index in [9.17, 15) is 9.59 Å². The highest BCUT2D eigenvalue weighted by Gasteiger charge is 2.39. The Hall–Kier alpha value is -1.88. The van der Waals surface area contributed by atoms with E-state index in [0.29, 0.717) is 13.1 Å². The van der Waals surface area contributed by atoms with Gasteiger partial charge in [-0.1, -0.05) is 6.07 Å². The highest BCUT2D eigenvalue weighted by Crippen LogP contribution is 2.30. The number of fused-ring (bicyclic) bond motifs is 1. The van der Waals surface area contributed by atoms with Crippen molar-refractivity contribution >= 4 is 11.9 Å². The van der Waals surface area contributed by atoms with Crippen molar-refractivity contribution in [2.75, 3.05) is 19.6 Å². The lowest BCUT2D eigenvalue weighted by Crippen LogP contribution is -2.45. The van der Waals surface area contributed by atoms with Gasteiger partial charge < -0.3 is 15.3 Å². The molecule has 5 heteroatoms. The SMILES string of the molecule is CC1(C(=O)N2CCc3ccc(C(=O)O)cc3C2)CCNC1. The molecule has 1 aromatic rings. The van der Waals surface area contributed by atoms with Crippen LogP contribution < -0.4 is 5.32 Å². The van der Waals surface area contributed by atoms with Crippen molar-refractivity contribution in [3.05, 3.63) is 34.9 Å². The van der Waals surface area contributed by atoms with Gasteiger partial charge >= 0.3 is 5.97 Å². The van der Waals surface area contributed by atoms with Crippen LogP contribution in [-0.2, 0) is 17.8 Å². The maximum absolute atomic E-state index is 12.7. The van der Waals surface area contributed by atoms with E-state index < -0.39 is 5.97 Å². The summed E-state index contributed by atoms with van der Waals surface area (Å²) < 4.78 is 0. The summed E-state index contributed by atoms with van der Waals surface area (Å²) in [4.78, 5) is 25.7. The minimum atomic E-state index is -0.923. The molecule has 1 atom stereocenters. The van der Waals surface area contributed by atoms with E-state index >= 15 is 0 Å². The third-order valence-corrected chi connectivity index (χ3v) is 4.64. The molecule has 1 fully saturated rings. The quantitative estimate of drug-likeness (QED) is 0.860. The summed E-state index contributed by atoms with van der Waals surface area (Å²) >= 11 is 0. The molecule has 0 aliphatic carbocycles. The summed E-state index contributed by atoms with van der Waals surface area (Å²) in [6.07, 6.45) is 1.66. The number of aromatic carboxylic acids is 1. The number of amides is 1. The maximum atomic E-state index is 12.7. The van der Waals surface area contributed by atoms with Gasteiger partial charge in [-0.2, -0.15) is 0 Å². The van der Waals surface area contributed by atoms with Crippen LogP contribution in [0.3, 0.4) is 0 Å². The normalized spacial score (nSPS) is 24.7. The fourth-order valence-corrected chi connectivity index (χ4v) is 3.24. The molecular formula is C16H20N2O3. The molecule has 3 rings (SSSR count). The third kappa shape index (κ3) is 2.53. The Morgan fingerprint density at radius 3 is 2.81 bits per heavy atom. The monoisotopic (exact) mass is 288 g/mol. The smallest absolute Gasteiger partial charge is 0.335 e. The van der Waals surface area contributed by atoms with Crippen molar-refractivity contribution in [2.24, 2.45) is 5.41 Å².